The van der Waals surface area contributed by atoms with Crippen molar-refractivity contribution < 1.29 is 39.5 Å². The van der Waals surface area contributed by atoms with E-state index in [1.54, 1.807) is 21.9 Å². The quantitative estimate of drug-likeness (QED) is 0.200. The van der Waals surface area contributed by atoms with E-state index in [4.69, 9.17) is 0 Å². The predicted octanol–water partition coefficient (Wildman–Crippen LogP) is 10.0. The molecule has 0 amide bonds. The molecule has 0 heterocycles. The molecule has 0 radical (unpaired) electrons. The zero-order valence-corrected chi connectivity index (χ0v) is 21.4. The van der Waals surface area contributed by atoms with Gasteiger partial charge in [0.25, 0.3) is 0 Å². The van der Waals surface area contributed by atoms with Crippen LogP contribution in [0.3, 0.4) is 0 Å². The summed E-state index contributed by atoms with van der Waals surface area (Å²) < 4.78 is 118. The van der Waals surface area contributed by atoms with Gasteiger partial charge in [-0.15, -0.1) is 0 Å². The summed E-state index contributed by atoms with van der Waals surface area (Å²) in [5.74, 6) is 0. The third kappa shape index (κ3) is 7.33. The topological polar surface area (TPSA) is 6.48 Å². The van der Waals surface area contributed by atoms with Crippen LogP contribution in [0.15, 0.2) is 97.1 Å². The van der Waals surface area contributed by atoms with Crippen LogP contribution in [0, 0.1) is 6.92 Å². The Bertz CT molecular complexity index is 1360. The molecule has 0 atom stereocenters. The zero-order valence-electron chi connectivity index (χ0n) is 21.4. The summed E-state index contributed by atoms with van der Waals surface area (Å²) in [6, 6.07) is 20.0. The molecule has 2 nitrogen and oxygen atoms in total. The Kier molecular flexibility index (Phi) is 8.28. The summed E-state index contributed by atoms with van der Waals surface area (Å²) in [6.07, 6.45) is -13.7. The molecule has 4 aromatic carbocycles. The van der Waals surface area contributed by atoms with E-state index in [9.17, 15) is 39.5 Å². The summed E-state index contributed by atoms with van der Waals surface area (Å²) >= 11 is 0. The fourth-order valence-electron chi connectivity index (χ4n) is 4.23. The molecule has 0 fully saturated rings. The van der Waals surface area contributed by atoms with Gasteiger partial charge in [-0.2, -0.15) is 39.5 Å². The van der Waals surface area contributed by atoms with Crippen LogP contribution < -0.4 is 9.80 Å². The molecule has 0 unspecified atom stereocenters. The summed E-state index contributed by atoms with van der Waals surface area (Å²) in [6.45, 7) is 2.05. The Morgan fingerprint density at radius 3 is 0.829 bits per heavy atom. The number of benzene rings is 4. The van der Waals surface area contributed by atoms with Gasteiger partial charge in [-0.3, -0.25) is 0 Å². The lowest BCUT2D eigenvalue weighted by atomic mass is 10.1. The van der Waals surface area contributed by atoms with Crippen molar-refractivity contribution >= 4 is 22.7 Å². The number of aryl methyl sites for hydroxylation is 1. The molecule has 216 valence electrons. The number of hydrogen-bond acceptors (Lipinski definition) is 2. The molecule has 4 rings (SSSR count). The lowest BCUT2D eigenvalue weighted by Crippen LogP contribution is -2.30. The largest absolute Gasteiger partial charge is 0.416 e. The fraction of sp³-hybridized carbons (Fsp3) is 0.200. The second-order valence-corrected chi connectivity index (χ2v) is 9.27. The average Bonchev–Trinajstić information content (AvgIpc) is 2.91. The van der Waals surface area contributed by atoms with Crippen LogP contribution >= 0.6 is 0 Å². The van der Waals surface area contributed by atoms with Gasteiger partial charge in [-0.05, 0) is 91.9 Å². The van der Waals surface area contributed by atoms with Gasteiger partial charge in [-0.25, -0.2) is 0 Å². The van der Waals surface area contributed by atoms with E-state index < -0.39 is 35.2 Å². The molecule has 0 aromatic heterocycles. The Morgan fingerprint density at radius 2 is 0.610 bits per heavy atom. The molecule has 41 heavy (non-hydrogen) atoms. The Balaban J connectivity index is 1.71. The average molecular weight is 583 g/mol. The molecular weight excluding hydrogens is 559 g/mol. The number of nitrogens with zero attached hydrogens (tertiary/aromatic N) is 2. The number of rotatable bonds is 7. The molecule has 0 spiro atoms. The maximum absolute atomic E-state index is 13.2. The lowest BCUT2D eigenvalue weighted by Gasteiger charge is -2.31. The van der Waals surface area contributed by atoms with Gasteiger partial charge in [-0.1, -0.05) is 17.7 Å². The van der Waals surface area contributed by atoms with Crippen LogP contribution in [0.5, 0.6) is 0 Å². The molecule has 0 saturated carbocycles. The minimum absolute atomic E-state index is 0.0611. The molecule has 0 aliphatic carbocycles. The van der Waals surface area contributed by atoms with Crippen LogP contribution in [-0.2, 0) is 18.5 Å². The first-order valence-electron chi connectivity index (χ1n) is 12.3. The predicted molar refractivity (Wildman–Crippen MR) is 140 cm³/mol. The van der Waals surface area contributed by atoms with E-state index in [2.05, 4.69) is 0 Å². The van der Waals surface area contributed by atoms with Crippen molar-refractivity contribution in [3.63, 3.8) is 0 Å². The van der Waals surface area contributed by atoms with Crippen molar-refractivity contribution in [2.24, 2.45) is 0 Å². The number of hydrogen-bond donors (Lipinski definition) is 0. The fourth-order valence-corrected chi connectivity index (χ4v) is 4.23. The molecule has 0 bridgehead atoms. The van der Waals surface area contributed by atoms with Crippen molar-refractivity contribution in [3.8, 4) is 0 Å². The van der Waals surface area contributed by atoms with Gasteiger partial charge >= 0.3 is 18.5 Å². The SMILES string of the molecule is Cc1ccc(N(CCN(c2ccc(C(F)(F)F)cc2)c2ccc(C(F)(F)F)cc2)c2ccc(C(F)(F)F)cc2)cc1. The molecule has 11 heteroatoms. The van der Waals surface area contributed by atoms with Crippen LogP contribution in [0.25, 0.3) is 0 Å². The number of halogens is 9. The van der Waals surface area contributed by atoms with E-state index in [0.29, 0.717) is 11.4 Å². The van der Waals surface area contributed by atoms with E-state index in [1.807, 2.05) is 19.1 Å². The number of anilines is 4. The second kappa shape index (κ2) is 11.4. The lowest BCUT2D eigenvalue weighted by molar-refractivity contribution is -0.138. The van der Waals surface area contributed by atoms with E-state index in [-0.39, 0.29) is 24.5 Å². The smallest absolute Gasteiger partial charge is 0.340 e. The van der Waals surface area contributed by atoms with Gasteiger partial charge in [0.05, 0.1) is 16.7 Å². The molecule has 0 N–H and O–H groups in total. The third-order valence-electron chi connectivity index (χ3n) is 6.41. The van der Waals surface area contributed by atoms with Gasteiger partial charge in [0.1, 0.15) is 0 Å². The highest BCUT2D eigenvalue weighted by Crippen LogP contribution is 2.36. The van der Waals surface area contributed by atoms with Crippen molar-refractivity contribution in [2.75, 3.05) is 22.9 Å². The highest BCUT2D eigenvalue weighted by molar-refractivity contribution is 5.67. The van der Waals surface area contributed by atoms with Crippen molar-refractivity contribution in [1.82, 2.24) is 0 Å². The minimum Gasteiger partial charge on any atom is -0.340 e. The highest BCUT2D eigenvalue weighted by atomic mass is 19.4. The second-order valence-electron chi connectivity index (χ2n) is 9.27. The Labute approximate surface area is 230 Å². The molecule has 0 aliphatic heterocycles. The van der Waals surface area contributed by atoms with E-state index >= 15 is 0 Å². The Morgan fingerprint density at radius 1 is 0.390 bits per heavy atom. The standard InChI is InChI=1S/C30H23F9N2/c1-20-2-10-24(11-3-20)40(25-12-4-21(5-13-25)28(31,32)33)18-19-41(26-14-6-22(7-15-26)29(34,35)36)27-16-8-23(9-17-27)30(37,38)39/h2-17H,18-19H2,1H3. The first kappa shape index (κ1) is 29.8. The first-order valence-corrected chi connectivity index (χ1v) is 12.3. The summed E-state index contributed by atoms with van der Waals surface area (Å²) in [5, 5.41) is 0. The first-order chi connectivity index (χ1) is 19.1. The number of alkyl halides is 9. The summed E-state index contributed by atoms with van der Waals surface area (Å²) in [5.41, 5.74) is -0.0438. The molecule has 0 aliphatic rings. The van der Waals surface area contributed by atoms with Gasteiger partial charge in [0.15, 0.2) is 0 Å². The van der Waals surface area contributed by atoms with Crippen molar-refractivity contribution in [3.05, 3.63) is 119 Å². The minimum atomic E-state index is -4.58. The summed E-state index contributed by atoms with van der Waals surface area (Å²) in [7, 11) is 0. The van der Waals surface area contributed by atoms with E-state index in [0.717, 1.165) is 42.0 Å². The maximum atomic E-state index is 13.2. The molecule has 4 aromatic rings. The zero-order chi connectivity index (χ0) is 30.0. The van der Waals surface area contributed by atoms with Crippen molar-refractivity contribution in [2.45, 2.75) is 25.5 Å². The van der Waals surface area contributed by atoms with Gasteiger partial charge in [0.2, 0.25) is 0 Å². The molecule has 0 saturated heterocycles. The maximum Gasteiger partial charge on any atom is 0.416 e. The van der Waals surface area contributed by atoms with Crippen LogP contribution in [0.4, 0.5) is 62.3 Å². The third-order valence-corrected chi connectivity index (χ3v) is 6.41. The van der Waals surface area contributed by atoms with Gasteiger partial charge in [0, 0.05) is 35.8 Å². The summed E-state index contributed by atoms with van der Waals surface area (Å²) in [4.78, 5) is 3.27. The highest BCUT2D eigenvalue weighted by Gasteiger charge is 2.32. The monoisotopic (exact) mass is 582 g/mol. The van der Waals surface area contributed by atoms with Crippen LogP contribution in [-0.4, -0.2) is 13.1 Å². The van der Waals surface area contributed by atoms with Crippen molar-refractivity contribution in [1.29, 1.82) is 0 Å². The Hall–Kier alpha value is -4.15. The normalized spacial score (nSPS) is 12.3. The van der Waals surface area contributed by atoms with E-state index in [1.165, 1.54) is 36.4 Å². The molecular formula is C30H23F9N2. The van der Waals surface area contributed by atoms with Crippen LogP contribution in [0.1, 0.15) is 22.3 Å². The van der Waals surface area contributed by atoms with Crippen LogP contribution in [0.2, 0.25) is 0 Å². The van der Waals surface area contributed by atoms with Gasteiger partial charge < -0.3 is 9.80 Å².